The van der Waals surface area contributed by atoms with Crippen LogP contribution in [0.3, 0.4) is 0 Å². The zero-order chi connectivity index (χ0) is 20.9. The number of aliphatic hydroxyl groups is 3. The number of Topliss-reactive ketones (excluding diaryl/α,β-unsaturated/α-hetero) is 3. The number of hydrogen-bond donors (Lipinski definition) is 3. The average molecular weight is 387 g/mol. The van der Waals surface area contributed by atoms with Crippen LogP contribution in [0.1, 0.15) is 97.8 Å². The molecule has 0 aliphatic carbocycles. The van der Waals surface area contributed by atoms with Crippen LogP contribution in [0.25, 0.3) is 0 Å². The van der Waals surface area contributed by atoms with Gasteiger partial charge in [0.15, 0.2) is 35.2 Å². The fourth-order valence-corrected chi connectivity index (χ4v) is 3.05. The van der Waals surface area contributed by atoms with E-state index in [1.807, 2.05) is 20.8 Å². The number of ketones is 3. The van der Waals surface area contributed by atoms with Crippen LogP contribution in [0.5, 0.6) is 0 Å². The van der Waals surface area contributed by atoms with Gasteiger partial charge in [-0.15, -0.1) is 0 Å². The van der Waals surface area contributed by atoms with Gasteiger partial charge in [0.05, 0.1) is 0 Å². The van der Waals surface area contributed by atoms with E-state index >= 15 is 0 Å². The van der Waals surface area contributed by atoms with Gasteiger partial charge in [-0.3, -0.25) is 14.4 Å². The van der Waals surface area contributed by atoms with Gasteiger partial charge in [-0.2, -0.15) is 0 Å². The normalized spacial score (nSPS) is 15.8. The minimum absolute atomic E-state index is 0.00367. The third-order valence-corrected chi connectivity index (χ3v) is 4.95. The number of carbonyl (C=O) groups excluding carboxylic acids is 3. The Morgan fingerprint density at radius 1 is 0.667 bits per heavy atom. The Bertz CT molecular complexity index is 432. The monoisotopic (exact) mass is 386 g/mol. The Kier molecular flexibility index (Phi) is 13.4. The van der Waals surface area contributed by atoms with Crippen LogP contribution >= 0.6 is 0 Å². The van der Waals surface area contributed by atoms with Gasteiger partial charge in [-0.05, 0) is 19.3 Å². The van der Waals surface area contributed by atoms with Crippen molar-refractivity contribution in [3.8, 4) is 0 Å². The quantitative estimate of drug-likeness (QED) is 0.331. The number of aliphatic hydroxyl groups excluding tert-OH is 2. The zero-order valence-electron chi connectivity index (χ0n) is 17.2. The lowest BCUT2D eigenvalue weighted by Gasteiger charge is -2.34. The number of hydrogen-bond acceptors (Lipinski definition) is 6. The standard InChI is InChI=1S/C21H38O6/c1-4-7-10-13-16(22)19(25)21(27,18(24)15-12-9-6-3)20(26)17(23)14-11-8-5-2/h19-20,25-27H,4-15H2,1-3H3. The molecule has 0 rings (SSSR count). The Balaban J connectivity index is 5.36. The first-order valence-corrected chi connectivity index (χ1v) is 10.4. The van der Waals surface area contributed by atoms with E-state index in [1.54, 1.807) is 0 Å². The van der Waals surface area contributed by atoms with Gasteiger partial charge in [0.2, 0.25) is 0 Å². The van der Waals surface area contributed by atoms with Gasteiger partial charge in [-0.1, -0.05) is 59.3 Å². The first-order valence-electron chi connectivity index (χ1n) is 10.4. The van der Waals surface area contributed by atoms with E-state index in [9.17, 15) is 29.7 Å². The molecule has 158 valence electrons. The second-order valence-corrected chi connectivity index (χ2v) is 7.36. The lowest BCUT2D eigenvalue weighted by molar-refractivity contribution is -0.181. The molecule has 0 saturated carbocycles. The molecular formula is C21H38O6. The molecule has 2 unspecified atom stereocenters. The summed E-state index contributed by atoms with van der Waals surface area (Å²) in [6.45, 7) is 5.88. The van der Waals surface area contributed by atoms with Crippen LogP contribution < -0.4 is 0 Å². The molecule has 0 aliphatic heterocycles. The van der Waals surface area contributed by atoms with Gasteiger partial charge >= 0.3 is 0 Å². The predicted octanol–water partition coefficient (Wildman–Crippen LogP) is 2.89. The highest BCUT2D eigenvalue weighted by Gasteiger charge is 2.53. The lowest BCUT2D eigenvalue weighted by Crippen LogP contribution is -2.63. The summed E-state index contributed by atoms with van der Waals surface area (Å²) in [6, 6.07) is 0. The average Bonchev–Trinajstić information content (AvgIpc) is 2.66. The minimum atomic E-state index is -2.76. The number of rotatable bonds is 17. The Morgan fingerprint density at radius 3 is 1.33 bits per heavy atom. The van der Waals surface area contributed by atoms with Gasteiger partial charge in [-0.25, -0.2) is 0 Å². The third-order valence-electron chi connectivity index (χ3n) is 4.95. The number of unbranched alkanes of at least 4 members (excludes halogenated alkanes) is 6. The maximum absolute atomic E-state index is 12.6. The fraction of sp³-hybridized carbons (Fsp3) is 0.857. The second-order valence-electron chi connectivity index (χ2n) is 7.36. The van der Waals surface area contributed by atoms with Crippen LogP contribution in [0.2, 0.25) is 0 Å². The minimum Gasteiger partial charge on any atom is -0.382 e. The van der Waals surface area contributed by atoms with Gasteiger partial charge in [0.25, 0.3) is 0 Å². The second kappa shape index (κ2) is 14.0. The Morgan fingerprint density at radius 2 is 1.00 bits per heavy atom. The van der Waals surface area contributed by atoms with E-state index in [1.165, 1.54) is 0 Å². The topological polar surface area (TPSA) is 112 Å². The summed E-state index contributed by atoms with van der Waals surface area (Å²) >= 11 is 0. The molecular weight excluding hydrogens is 348 g/mol. The summed E-state index contributed by atoms with van der Waals surface area (Å²) in [7, 11) is 0. The van der Waals surface area contributed by atoms with E-state index in [-0.39, 0.29) is 19.3 Å². The summed E-state index contributed by atoms with van der Waals surface area (Å²) in [5.41, 5.74) is -2.76. The molecule has 0 saturated heterocycles. The molecule has 27 heavy (non-hydrogen) atoms. The smallest absolute Gasteiger partial charge is 0.189 e. The van der Waals surface area contributed by atoms with Crippen LogP contribution in [0.15, 0.2) is 0 Å². The Hall–Kier alpha value is -1.11. The largest absolute Gasteiger partial charge is 0.382 e. The van der Waals surface area contributed by atoms with Crippen LogP contribution in [0, 0.1) is 0 Å². The van der Waals surface area contributed by atoms with Crippen LogP contribution in [0.4, 0.5) is 0 Å². The van der Waals surface area contributed by atoms with Crippen molar-refractivity contribution in [3.05, 3.63) is 0 Å². The van der Waals surface area contributed by atoms with Gasteiger partial charge in [0, 0.05) is 19.3 Å². The van der Waals surface area contributed by atoms with Crippen molar-refractivity contribution in [2.24, 2.45) is 0 Å². The lowest BCUT2D eigenvalue weighted by atomic mass is 9.78. The molecule has 0 fully saturated rings. The van der Waals surface area contributed by atoms with E-state index in [0.29, 0.717) is 19.3 Å². The maximum Gasteiger partial charge on any atom is 0.189 e. The molecule has 0 spiro atoms. The summed E-state index contributed by atoms with van der Waals surface area (Å²) in [5, 5.41) is 31.7. The highest BCUT2D eigenvalue weighted by Crippen LogP contribution is 2.25. The predicted molar refractivity (Wildman–Crippen MR) is 104 cm³/mol. The van der Waals surface area contributed by atoms with Crippen molar-refractivity contribution >= 4 is 17.3 Å². The van der Waals surface area contributed by atoms with Crippen molar-refractivity contribution in [1.29, 1.82) is 0 Å². The molecule has 0 aromatic carbocycles. The molecule has 0 aromatic heterocycles. The molecule has 0 aromatic rings. The van der Waals surface area contributed by atoms with Crippen molar-refractivity contribution in [3.63, 3.8) is 0 Å². The van der Waals surface area contributed by atoms with Crippen molar-refractivity contribution in [1.82, 2.24) is 0 Å². The van der Waals surface area contributed by atoms with Gasteiger partial charge < -0.3 is 15.3 Å². The van der Waals surface area contributed by atoms with Crippen molar-refractivity contribution in [2.75, 3.05) is 0 Å². The molecule has 0 radical (unpaired) electrons. The summed E-state index contributed by atoms with van der Waals surface area (Å²) in [6.07, 6.45) is 2.12. The Labute approximate surface area is 163 Å². The summed E-state index contributed by atoms with van der Waals surface area (Å²) < 4.78 is 0. The summed E-state index contributed by atoms with van der Waals surface area (Å²) in [5.74, 6) is -2.27. The molecule has 3 N–H and O–H groups in total. The highest BCUT2D eigenvalue weighted by molar-refractivity contribution is 6.01. The fourth-order valence-electron chi connectivity index (χ4n) is 3.05. The molecule has 0 amide bonds. The molecule has 6 nitrogen and oxygen atoms in total. The van der Waals surface area contributed by atoms with Crippen LogP contribution in [-0.2, 0) is 14.4 Å². The first kappa shape index (κ1) is 25.9. The molecule has 0 aliphatic rings. The number of carbonyl (C=O) groups is 3. The van der Waals surface area contributed by atoms with Gasteiger partial charge in [0.1, 0.15) is 0 Å². The molecule has 0 heterocycles. The molecule has 0 bridgehead atoms. The van der Waals surface area contributed by atoms with Crippen molar-refractivity contribution < 1.29 is 29.7 Å². The van der Waals surface area contributed by atoms with E-state index < -0.39 is 35.2 Å². The van der Waals surface area contributed by atoms with Crippen molar-refractivity contribution in [2.45, 2.75) is 116 Å². The highest BCUT2D eigenvalue weighted by atomic mass is 16.4. The summed E-state index contributed by atoms with van der Waals surface area (Å²) in [4.78, 5) is 37.2. The van der Waals surface area contributed by atoms with E-state index in [0.717, 1.165) is 38.5 Å². The van der Waals surface area contributed by atoms with Crippen LogP contribution in [-0.4, -0.2) is 50.5 Å². The van der Waals surface area contributed by atoms with E-state index in [2.05, 4.69) is 0 Å². The first-order chi connectivity index (χ1) is 12.8. The SMILES string of the molecule is CCCCCC(=O)C(O)C(O)(C(=O)CCCCC)C(O)C(=O)CCCCC. The third kappa shape index (κ3) is 8.20. The molecule has 2 atom stereocenters. The van der Waals surface area contributed by atoms with E-state index in [4.69, 9.17) is 0 Å². The zero-order valence-corrected chi connectivity index (χ0v) is 17.2. The molecule has 6 heteroatoms. The maximum atomic E-state index is 12.6.